The van der Waals surface area contributed by atoms with Gasteiger partial charge in [-0.25, -0.2) is 0 Å². The lowest BCUT2D eigenvalue weighted by molar-refractivity contribution is 0.0650. The first-order chi connectivity index (χ1) is 13.1. The van der Waals surface area contributed by atoms with Crippen molar-refractivity contribution in [2.45, 2.75) is 6.92 Å². The van der Waals surface area contributed by atoms with Crippen molar-refractivity contribution in [2.75, 3.05) is 11.6 Å². The average molecular weight is 376 g/mol. The first-order valence-electron chi connectivity index (χ1n) is 8.43. The Balaban J connectivity index is 1.70. The Bertz CT molecular complexity index is 991. The highest BCUT2D eigenvalue weighted by molar-refractivity contribution is 7.12. The van der Waals surface area contributed by atoms with Crippen LogP contribution in [0.5, 0.6) is 0 Å². The molecule has 1 aromatic heterocycles. The number of hydrogen-bond donors (Lipinski definition) is 0. The van der Waals surface area contributed by atoms with Gasteiger partial charge in [0.2, 0.25) is 0 Å². The van der Waals surface area contributed by atoms with Crippen LogP contribution in [0.2, 0.25) is 0 Å². The summed E-state index contributed by atoms with van der Waals surface area (Å²) in [6, 6.07) is 17.7. The van der Waals surface area contributed by atoms with Gasteiger partial charge in [-0.3, -0.25) is 24.2 Å². The van der Waals surface area contributed by atoms with Crippen LogP contribution >= 0.6 is 11.3 Å². The third kappa shape index (κ3) is 3.04. The molecule has 0 unspecified atom stereocenters. The molecule has 0 bridgehead atoms. The fourth-order valence-corrected chi connectivity index (χ4v) is 3.70. The second-order valence-electron chi connectivity index (χ2n) is 6.27. The number of amides is 3. The molecule has 1 aliphatic rings. The topological polar surface area (TPSA) is 57.7 Å². The molecular weight excluding hydrogens is 360 g/mol. The molecule has 0 saturated carbocycles. The van der Waals surface area contributed by atoms with Gasteiger partial charge in [0.1, 0.15) is 6.67 Å². The lowest BCUT2D eigenvalue weighted by atomic mass is 10.1. The molecule has 3 amide bonds. The SMILES string of the molecule is Cc1ccc(N(CN2C(=O)c3ccccc3C2=O)C(=O)c2cccs2)cc1. The van der Waals surface area contributed by atoms with Crippen molar-refractivity contribution >= 4 is 34.7 Å². The number of fused-ring (bicyclic) bond motifs is 1. The Hall–Kier alpha value is -3.25. The molecule has 0 N–H and O–H groups in total. The van der Waals surface area contributed by atoms with Crippen molar-refractivity contribution in [3.8, 4) is 0 Å². The number of hydrogen-bond acceptors (Lipinski definition) is 4. The van der Waals surface area contributed by atoms with Gasteiger partial charge in [0.05, 0.1) is 16.0 Å². The Morgan fingerprint density at radius 3 is 2.11 bits per heavy atom. The van der Waals surface area contributed by atoms with Crippen LogP contribution in [0, 0.1) is 6.92 Å². The number of benzene rings is 2. The van der Waals surface area contributed by atoms with Crippen LogP contribution in [0.1, 0.15) is 36.0 Å². The van der Waals surface area contributed by atoms with E-state index in [0.29, 0.717) is 21.7 Å². The highest BCUT2D eigenvalue weighted by Gasteiger charge is 2.37. The van der Waals surface area contributed by atoms with Crippen molar-refractivity contribution in [1.82, 2.24) is 4.90 Å². The molecule has 5 nitrogen and oxygen atoms in total. The summed E-state index contributed by atoms with van der Waals surface area (Å²) in [5.41, 5.74) is 2.43. The van der Waals surface area contributed by atoms with Crippen molar-refractivity contribution < 1.29 is 14.4 Å². The standard InChI is InChI=1S/C21H16N2O3S/c1-14-8-10-15(11-9-14)22(21(26)18-7-4-12-27-18)13-23-19(24)16-5-2-3-6-17(16)20(23)25/h2-12H,13H2,1H3. The maximum Gasteiger partial charge on any atom is 0.269 e. The van der Waals surface area contributed by atoms with E-state index in [-0.39, 0.29) is 24.4 Å². The Morgan fingerprint density at radius 1 is 0.926 bits per heavy atom. The molecule has 0 spiro atoms. The largest absolute Gasteiger partial charge is 0.289 e. The third-order valence-corrected chi connectivity index (χ3v) is 5.34. The van der Waals surface area contributed by atoms with Crippen LogP contribution in [0.3, 0.4) is 0 Å². The Labute approximate surface area is 160 Å². The van der Waals surface area contributed by atoms with Crippen LogP contribution in [0.15, 0.2) is 66.0 Å². The van der Waals surface area contributed by atoms with Gasteiger partial charge >= 0.3 is 0 Å². The fraction of sp³-hybridized carbons (Fsp3) is 0.0952. The minimum Gasteiger partial charge on any atom is -0.289 e. The van der Waals surface area contributed by atoms with Crippen LogP contribution in [0.25, 0.3) is 0 Å². The van der Waals surface area contributed by atoms with E-state index < -0.39 is 0 Å². The minimum absolute atomic E-state index is 0.133. The summed E-state index contributed by atoms with van der Waals surface area (Å²) in [7, 11) is 0. The van der Waals surface area contributed by atoms with E-state index in [9.17, 15) is 14.4 Å². The van der Waals surface area contributed by atoms with Gasteiger partial charge in [-0.15, -0.1) is 11.3 Å². The van der Waals surface area contributed by atoms with Gasteiger partial charge in [-0.2, -0.15) is 0 Å². The molecule has 0 saturated heterocycles. The number of carbonyl (C=O) groups is 3. The fourth-order valence-electron chi connectivity index (χ4n) is 3.03. The van der Waals surface area contributed by atoms with Gasteiger partial charge in [0, 0.05) is 5.69 Å². The summed E-state index contributed by atoms with van der Waals surface area (Å²) < 4.78 is 0. The molecule has 0 fully saturated rings. The zero-order valence-electron chi connectivity index (χ0n) is 14.6. The van der Waals surface area contributed by atoms with Gasteiger partial charge in [-0.1, -0.05) is 35.9 Å². The van der Waals surface area contributed by atoms with E-state index in [1.807, 2.05) is 36.6 Å². The first-order valence-corrected chi connectivity index (χ1v) is 9.31. The lowest BCUT2D eigenvalue weighted by Gasteiger charge is -2.26. The molecule has 0 radical (unpaired) electrons. The van der Waals surface area contributed by atoms with E-state index in [1.165, 1.54) is 16.2 Å². The Kier molecular flexibility index (Phi) is 4.33. The summed E-state index contributed by atoms with van der Waals surface area (Å²) in [5, 5.41) is 1.82. The molecule has 134 valence electrons. The highest BCUT2D eigenvalue weighted by atomic mass is 32.1. The van der Waals surface area contributed by atoms with Crippen LogP contribution in [-0.2, 0) is 0 Å². The third-order valence-electron chi connectivity index (χ3n) is 4.48. The van der Waals surface area contributed by atoms with E-state index >= 15 is 0 Å². The predicted molar refractivity (Wildman–Crippen MR) is 104 cm³/mol. The maximum atomic E-state index is 13.1. The summed E-state index contributed by atoms with van der Waals surface area (Å²) in [6.45, 7) is 1.82. The first kappa shape index (κ1) is 17.2. The van der Waals surface area contributed by atoms with Gasteiger partial charge < -0.3 is 0 Å². The van der Waals surface area contributed by atoms with Gasteiger partial charge in [0.15, 0.2) is 0 Å². The van der Waals surface area contributed by atoms with Crippen LogP contribution in [0.4, 0.5) is 5.69 Å². The zero-order chi connectivity index (χ0) is 19.0. The molecule has 0 aliphatic carbocycles. The average Bonchev–Trinajstić information content (AvgIpc) is 3.30. The number of nitrogens with zero attached hydrogens (tertiary/aromatic N) is 2. The number of anilines is 1. The molecule has 27 heavy (non-hydrogen) atoms. The van der Waals surface area contributed by atoms with E-state index in [1.54, 1.807) is 36.4 Å². The van der Waals surface area contributed by atoms with E-state index in [2.05, 4.69) is 0 Å². The summed E-state index contributed by atoms with van der Waals surface area (Å²) in [4.78, 5) is 41.6. The number of imide groups is 1. The summed E-state index contributed by atoms with van der Waals surface area (Å²) >= 11 is 1.32. The number of thiophene rings is 1. The smallest absolute Gasteiger partial charge is 0.269 e. The second kappa shape index (κ2) is 6.81. The van der Waals surface area contributed by atoms with Crippen LogP contribution in [-0.4, -0.2) is 29.3 Å². The number of rotatable bonds is 4. The Morgan fingerprint density at radius 2 is 1.56 bits per heavy atom. The second-order valence-corrected chi connectivity index (χ2v) is 7.22. The molecule has 2 aromatic carbocycles. The molecule has 2 heterocycles. The monoisotopic (exact) mass is 376 g/mol. The minimum atomic E-state index is -0.383. The molecular formula is C21H16N2O3S. The quantitative estimate of drug-likeness (QED) is 0.648. The van der Waals surface area contributed by atoms with Crippen molar-refractivity contribution in [3.05, 3.63) is 87.6 Å². The highest BCUT2D eigenvalue weighted by Crippen LogP contribution is 2.26. The predicted octanol–water partition coefficient (Wildman–Crippen LogP) is 3.96. The summed E-state index contributed by atoms with van der Waals surface area (Å²) in [6.07, 6.45) is 0. The molecule has 1 aliphatic heterocycles. The van der Waals surface area contributed by atoms with Crippen molar-refractivity contribution in [2.24, 2.45) is 0 Å². The van der Waals surface area contributed by atoms with Crippen LogP contribution < -0.4 is 4.90 Å². The lowest BCUT2D eigenvalue weighted by Crippen LogP contribution is -2.44. The van der Waals surface area contributed by atoms with Crippen molar-refractivity contribution in [3.63, 3.8) is 0 Å². The van der Waals surface area contributed by atoms with Crippen molar-refractivity contribution in [1.29, 1.82) is 0 Å². The van der Waals surface area contributed by atoms with E-state index in [4.69, 9.17) is 0 Å². The molecule has 6 heteroatoms. The molecule has 3 aromatic rings. The normalized spacial score (nSPS) is 13.0. The maximum absolute atomic E-state index is 13.1. The van der Waals surface area contributed by atoms with Gasteiger partial charge in [-0.05, 0) is 42.6 Å². The number of carbonyl (C=O) groups excluding carboxylic acids is 3. The number of aryl methyl sites for hydroxylation is 1. The van der Waals surface area contributed by atoms with Gasteiger partial charge in [0.25, 0.3) is 17.7 Å². The van der Waals surface area contributed by atoms with E-state index in [0.717, 1.165) is 10.5 Å². The molecule has 0 atom stereocenters. The summed E-state index contributed by atoms with van der Waals surface area (Å²) in [5.74, 6) is -1.01. The zero-order valence-corrected chi connectivity index (χ0v) is 15.4. The molecule has 4 rings (SSSR count).